The Bertz CT molecular complexity index is 1200. The van der Waals surface area contributed by atoms with Gasteiger partial charge in [-0.2, -0.15) is 0 Å². The van der Waals surface area contributed by atoms with Crippen LogP contribution in [-0.4, -0.2) is 11.9 Å². The maximum atomic E-state index is 12.9. The molecule has 8 heteroatoms. The molecule has 1 saturated heterocycles. The van der Waals surface area contributed by atoms with E-state index in [0.29, 0.717) is 27.0 Å². The molecule has 0 spiro atoms. The van der Waals surface area contributed by atoms with E-state index in [1.54, 1.807) is 48.5 Å². The number of imide groups is 1. The summed E-state index contributed by atoms with van der Waals surface area (Å²) in [5.41, 5.74) is 2.04. The highest BCUT2D eigenvalue weighted by atomic mass is 79.9. The molecule has 5 nitrogen and oxygen atoms in total. The molecule has 156 valence electrons. The van der Waals surface area contributed by atoms with Crippen LogP contribution in [0.4, 0.5) is 10.5 Å². The minimum Gasteiger partial charge on any atom is -0.488 e. The van der Waals surface area contributed by atoms with Crippen LogP contribution in [0.2, 0.25) is 10.0 Å². The van der Waals surface area contributed by atoms with Gasteiger partial charge in [-0.15, -0.1) is 0 Å². The zero-order valence-electron chi connectivity index (χ0n) is 15.9. The maximum Gasteiger partial charge on any atom is 0.333 e. The van der Waals surface area contributed by atoms with E-state index < -0.39 is 11.9 Å². The molecule has 1 aliphatic heterocycles. The van der Waals surface area contributed by atoms with Gasteiger partial charge in [0.2, 0.25) is 0 Å². The topological polar surface area (TPSA) is 58.6 Å². The van der Waals surface area contributed by atoms with E-state index in [-0.39, 0.29) is 12.3 Å². The predicted octanol–water partition coefficient (Wildman–Crippen LogP) is 6.43. The first-order chi connectivity index (χ1) is 14.9. The lowest BCUT2D eigenvalue weighted by atomic mass is 10.1. The van der Waals surface area contributed by atoms with Gasteiger partial charge in [0.05, 0.1) is 5.69 Å². The molecule has 3 amide bonds. The molecule has 0 aliphatic carbocycles. The van der Waals surface area contributed by atoms with Gasteiger partial charge in [0, 0.05) is 25.6 Å². The number of anilines is 1. The smallest absolute Gasteiger partial charge is 0.333 e. The summed E-state index contributed by atoms with van der Waals surface area (Å²) >= 11 is 15.5. The highest BCUT2D eigenvalue weighted by Crippen LogP contribution is 2.29. The first kappa shape index (κ1) is 21.4. The number of rotatable bonds is 5. The largest absolute Gasteiger partial charge is 0.488 e. The van der Waals surface area contributed by atoms with Crippen LogP contribution in [0.1, 0.15) is 11.1 Å². The van der Waals surface area contributed by atoms with Gasteiger partial charge in [0.1, 0.15) is 18.1 Å². The molecule has 1 aliphatic rings. The lowest BCUT2D eigenvalue weighted by molar-refractivity contribution is -0.113. The Kier molecular flexibility index (Phi) is 6.32. The molecule has 31 heavy (non-hydrogen) atoms. The first-order valence-corrected chi connectivity index (χ1v) is 10.8. The number of amides is 3. The fourth-order valence-corrected chi connectivity index (χ4v) is 3.74. The van der Waals surface area contributed by atoms with E-state index in [0.717, 1.165) is 14.9 Å². The van der Waals surface area contributed by atoms with Crippen LogP contribution < -0.4 is 15.0 Å². The summed E-state index contributed by atoms with van der Waals surface area (Å²) < 4.78 is 6.76. The molecule has 0 aromatic heterocycles. The van der Waals surface area contributed by atoms with Gasteiger partial charge in [0.25, 0.3) is 5.91 Å². The van der Waals surface area contributed by atoms with Gasteiger partial charge >= 0.3 is 6.03 Å². The van der Waals surface area contributed by atoms with Gasteiger partial charge in [-0.3, -0.25) is 4.79 Å². The number of hydrogen-bond donors (Lipinski definition) is 1. The molecule has 4 rings (SSSR count). The Morgan fingerprint density at radius 1 is 1.00 bits per heavy atom. The molecule has 0 unspecified atom stereocenters. The average molecular weight is 518 g/mol. The van der Waals surface area contributed by atoms with E-state index in [4.69, 9.17) is 27.9 Å². The molecular formula is C23H15BrCl2N2O3. The van der Waals surface area contributed by atoms with Crippen molar-refractivity contribution in [3.63, 3.8) is 0 Å². The van der Waals surface area contributed by atoms with Crippen molar-refractivity contribution in [2.75, 3.05) is 4.90 Å². The van der Waals surface area contributed by atoms with Gasteiger partial charge < -0.3 is 10.1 Å². The SMILES string of the molecule is O=C1N/C(=C/c2cc(Br)ccc2OCc2ccccc2Cl)C(=O)N1c1ccc(Cl)cc1. The second-order valence-electron chi connectivity index (χ2n) is 6.67. The van der Waals surface area contributed by atoms with Crippen LogP contribution in [0.5, 0.6) is 5.75 Å². The zero-order valence-corrected chi connectivity index (χ0v) is 19.0. The Labute approximate surface area is 197 Å². The summed E-state index contributed by atoms with van der Waals surface area (Å²) in [6.07, 6.45) is 1.59. The maximum absolute atomic E-state index is 12.9. The van der Waals surface area contributed by atoms with Crippen molar-refractivity contribution in [3.05, 3.63) is 98.1 Å². The van der Waals surface area contributed by atoms with Crippen molar-refractivity contribution in [1.29, 1.82) is 0 Å². The van der Waals surface area contributed by atoms with Gasteiger partial charge in [-0.1, -0.05) is 57.3 Å². The number of nitrogens with zero attached hydrogens (tertiary/aromatic N) is 1. The second kappa shape index (κ2) is 9.14. The van der Waals surface area contributed by atoms with Crippen molar-refractivity contribution < 1.29 is 14.3 Å². The van der Waals surface area contributed by atoms with Crippen LogP contribution in [0.3, 0.4) is 0 Å². The Morgan fingerprint density at radius 3 is 2.48 bits per heavy atom. The molecule has 3 aromatic rings. The Hall–Kier alpha value is -2.80. The van der Waals surface area contributed by atoms with E-state index in [1.807, 2.05) is 24.3 Å². The third-order valence-corrected chi connectivity index (χ3v) is 5.69. The van der Waals surface area contributed by atoms with Gasteiger partial charge in [0.15, 0.2) is 0 Å². The van der Waals surface area contributed by atoms with Gasteiger partial charge in [-0.05, 0) is 54.6 Å². The molecule has 0 bridgehead atoms. The minimum atomic E-state index is -0.535. The summed E-state index contributed by atoms with van der Waals surface area (Å²) in [4.78, 5) is 26.4. The highest BCUT2D eigenvalue weighted by Gasteiger charge is 2.35. The Balaban J connectivity index is 1.61. The van der Waals surface area contributed by atoms with Crippen LogP contribution in [0.25, 0.3) is 6.08 Å². The normalized spacial score (nSPS) is 14.8. The van der Waals surface area contributed by atoms with Crippen molar-refractivity contribution in [2.45, 2.75) is 6.61 Å². The third-order valence-electron chi connectivity index (χ3n) is 4.58. The Morgan fingerprint density at radius 2 is 1.74 bits per heavy atom. The predicted molar refractivity (Wildman–Crippen MR) is 125 cm³/mol. The number of hydrogen-bond acceptors (Lipinski definition) is 3. The molecule has 1 fully saturated rings. The summed E-state index contributed by atoms with van der Waals surface area (Å²) in [7, 11) is 0. The van der Waals surface area contributed by atoms with Crippen molar-refractivity contribution in [1.82, 2.24) is 5.32 Å². The number of carbonyl (C=O) groups is 2. The van der Waals surface area contributed by atoms with Gasteiger partial charge in [-0.25, -0.2) is 9.69 Å². The summed E-state index contributed by atoms with van der Waals surface area (Å²) in [5, 5.41) is 3.74. The van der Waals surface area contributed by atoms with Crippen molar-refractivity contribution in [3.8, 4) is 5.75 Å². The lowest BCUT2D eigenvalue weighted by Gasteiger charge is -2.12. The fraction of sp³-hybridized carbons (Fsp3) is 0.0435. The number of carbonyl (C=O) groups excluding carboxylic acids is 2. The van der Waals surface area contributed by atoms with Crippen molar-refractivity contribution in [2.24, 2.45) is 0 Å². The van der Waals surface area contributed by atoms with Crippen LogP contribution in [0.15, 0.2) is 76.9 Å². The number of benzene rings is 3. The lowest BCUT2D eigenvalue weighted by Crippen LogP contribution is -2.30. The summed E-state index contributed by atoms with van der Waals surface area (Å²) in [5.74, 6) is 0.0759. The molecule has 0 saturated carbocycles. The van der Waals surface area contributed by atoms with Crippen LogP contribution in [0, 0.1) is 0 Å². The zero-order chi connectivity index (χ0) is 22.0. The number of halogens is 3. The molecular weight excluding hydrogens is 503 g/mol. The molecule has 0 radical (unpaired) electrons. The average Bonchev–Trinajstić information content (AvgIpc) is 3.02. The van der Waals surface area contributed by atoms with Crippen LogP contribution >= 0.6 is 39.1 Å². The third kappa shape index (κ3) is 4.77. The number of ether oxygens (including phenoxy) is 1. The highest BCUT2D eigenvalue weighted by molar-refractivity contribution is 9.10. The van der Waals surface area contributed by atoms with E-state index >= 15 is 0 Å². The van der Waals surface area contributed by atoms with E-state index in [1.165, 1.54) is 0 Å². The first-order valence-electron chi connectivity index (χ1n) is 9.21. The quantitative estimate of drug-likeness (QED) is 0.313. The van der Waals surface area contributed by atoms with E-state index in [9.17, 15) is 9.59 Å². The molecule has 0 atom stereocenters. The fourth-order valence-electron chi connectivity index (χ4n) is 3.05. The minimum absolute atomic E-state index is 0.139. The molecule has 3 aromatic carbocycles. The second-order valence-corrected chi connectivity index (χ2v) is 8.43. The van der Waals surface area contributed by atoms with E-state index in [2.05, 4.69) is 21.2 Å². The standard InChI is InChI=1S/C23H15BrCl2N2O3/c24-16-5-10-21(31-13-14-3-1-2-4-19(14)26)15(11-16)12-20-22(29)28(23(30)27-20)18-8-6-17(25)7-9-18/h1-12H,13H2,(H,27,30)/b20-12+. The summed E-state index contributed by atoms with van der Waals surface area (Å²) in [6.45, 7) is 0.259. The van der Waals surface area contributed by atoms with Crippen molar-refractivity contribution >= 4 is 62.8 Å². The monoisotopic (exact) mass is 516 g/mol. The van der Waals surface area contributed by atoms with Crippen LogP contribution in [-0.2, 0) is 11.4 Å². The number of urea groups is 1. The molecule has 1 N–H and O–H groups in total. The summed E-state index contributed by atoms with van der Waals surface area (Å²) in [6, 6.07) is 18.8. The number of nitrogens with one attached hydrogen (secondary N) is 1. The molecule has 1 heterocycles.